The molecule has 0 atom stereocenters. The maximum atomic E-state index is 13.8. The minimum absolute atomic E-state index is 0.222. The second kappa shape index (κ2) is 12.9. The van der Waals surface area contributed by atoms with E-state index in [1.807, 2.05) is 49.4 Å². The minimum atomic E-state index is -0.226. The molecule has 0 radical (unpaired) electrons. The van der Waals surface area contributed by atoms with Crippen LogP contribution in [-0.2, 0) is 6.61 Å². The molecule has 0 aliphatic carbocycles. The van der Waals surface area contributed by atoms with Crippen LogP contribution in [0.3, 0.4) is 0 Å². The lowest BCUT2D eigenvalue weighted by atomic mass is 9.96. The average molecular weight is 783 g/mol. The summed E-state index contributed by atoms with van der Waals surface area (Å²) in [7, 11) is 1.68. The quantitative estimate of drug-likeness (QED) is 0.117. The fourth-order valence-electron chi connectivity index (χ4n) is 4.85. The van der Waals surface area contributed by atoms with Gasteiger partial charge in [0.1, 0.15) is 18.1 Å². The first-order valence-corrected chi connectivity index (χ1v) is 15.7. The molecule has 1 heterocycles. The SMILES string of the molecule is COc1cc(C)c(-c2nc3ccccc3c(=O)n2N=Cc2cc(I)c(OCc3cccc(C)c3)c(I)c2)cc1C(C)C. The molecule has 0 amide bonds. The lowest BCUT2D eigenvalue weighted by Gasteiger charge is -2.17. The molecular formula is C34H31I2N3O3. The molecule has 8 heteroatoms. The highest BCUT2D eigenvalue weighted by Gasteiger charge is 2.18. The monoisotopic (exact) mass is 783 g/mol. The number of methoxy groups -OCH3 is 1. The third-order valence-electron chi connectivity index (χ3n) is 7.00. The molecule has 0 saturated heterocycles. The van der Waals surface area contributed by atoms with Crippen LogP contribution in [0.25, 0.3) is 22.3 Å². The van der Waals surface area contributed by atoms with Crippen LogP contribution in [0.15, 0.2) is 82.7 Å². The first kappa shape index (κ1) is 30.2. The summed E-state index contributed by atoms with van der Waals surface area (Å²) in [6.07, 6.45) is 1.71. The van der Waals surface area contributed by atoms with Crippen molar-refractivity contribution >= 4 is 62.3 Å². The Morgan fingerprint density at radius 1 is 0.976 bits per heavy atom. The van der Waals surface area contributed by atoms with Crippen molar-refractivity contribution in [3.63, 3.8) is 0 Å². The molecule has 0 aliphatic heterocycles. The molecule has 1 aromatic heterocycles. The summed E-state index contributed by atoms with van der Waals surface area (Å²) in [5.74, 6) is 2.35. The van der Waals surface area contributed by atoms with E-state index in [0.717, 1.165) is 46.5 Å². The third kappa shape index (κ3) is 6.39. The molecular weight excluding hydrogens is 752 g/mol. The largest absolute Gasteiger partial charge is 0.496 e. The summed E-state index contributed by atoms with van der Waals surface area (Å²) in [6.45, 7) is 8.80. The Kier molecular flexibility index (Phi) is 9.32. The van der Waals surface area contributed by atoms with E-state index in [-0.39, 0.29) is 11.5 Å². The van der Waals surface area contributed by atoms with Crippen molar-refractivity contribution in [1.82, 2.24) is 9.66 Å². The Bertz CT molecular complexity index is 1860. The lowest BCUT2D eigenvalue weighted by molar-refractivity contribution is 0.301. The van der Waals surface area contributed by atoms with Gasteiger partial charge in [-0.1, -0.05) is 55.8 Å². The number of aryl methyl sites for hydroxylation is 2. The van der Waals surface area contributed by atoms with Crippen LogP contribution in [0.5, 0.6) is 11.5 Å². The standard InChI is InChI=1S/C34H31I2N3O3/c1-20(2)26-17-27(22(4)14-31(26)41-5)33-38-30-12-7-6-11-25(30)34(40)39(33)37-18-24-15-28(35)32(29(36)16-24)42-19-23-10-8-9-21(3)13-23/h6-18,20H,19H2,1-5H3. The van der Waals surface area contributed by atoms with Gasteiger partial charge >= 0.3 is 0 Å². The zero-order chi connectivity index (χ0) is 30.0. The Hall–Kier alpha value is -3.25. The van der Waals surface area contributed by atoms with Gasteiger partial charge in [0, 0.05) is 5.56 Å². The topological polar surface area (TPSA) is 65.7 Å². The van der Waals surface area contributed by atoms with E-state index in [0.29, 0.717) is 23.3 Å². The molecule has 4 aromatic carbocycles. The van der Waals surface area contributed by atoms with Gasteiger partial charge in [0.15, 0.2) is 5.82 Å². The number of nitrogens with zero attached hydrogens (tertiary/aromatic N) is 3. The molecule has 0 unspecified atom stereocenters. The Morgan fingerprint density at radius 2 is 1.71 bits per heavy atom. The molecule has 0 bridgehead atoms. The number of halogens is 2. The van der Waals surface area contributed by atoms with Gasteiger partial charge in [-0.15, -0.1) is 0 Å². The summed E-state index contributed by atoms with van der Waals surface area (Å²) in [6, 6.07) is 23.8. The molecule has 0 N–H and O–H groups in total. The van der Waals surface area contributed by atoms with Crippen molar-refractivity contribution in [2.24, 2.45) is 5.10 Å². The molecule has 0 saturated carbocycles. The van der Waals surface area contributed by atoms with Crippen molar-refractivity contribution in [3.8, 4) is 22.9 Å². The number of aromatic nitrogens is 2. The number of fused-ring (bicyclic) bond motifs is 1. The van der Waals surface area contributed by atoms with Crippen molar-refractivity contribution in [3.05, 3.63) is 118 Å². The molecule has 0 spiro atoms. The summed E-state index contributed by atoms with van der Waals surface area (Å²) in [5.41, 5.74) is 6.41. The van der Waals surface area contributed by atoms with Gasteiger partial charge in [-0.2, -0.15) is 9.78 Å². The normalized spacial score (nSPS) is 11.5. The zero-order valence-corrected chi connectivity index (χ0v) is 28.4. The van der Waals surface area contributed by atoms with E-state index in [2.05, 4.69) is 90.2 Å². The fourth-order valence-corrected chi connectivity index (χ4v) is 6.97. The molecule has 42 heavy (non-hydrogen) atoms. The van der Waals surface area contributed by atoms with Gasteiger partial charge in [0.25, 0.3) is 5.56 Å². The van der Waals surface area contributed by atoms with E-state index in [4.69, 9.17) is 19.6 Å². The highest BCUT2D eigenvalue weighted by molar-refractivity contribution is 14.1. The van der Waals surface area contributed by atoms with Gasteiger partial charge in [-0.25, -0.2) is 4.98 Å². The predicted molar refractivity (Wildman–Crippen MR) is 187 cm³/mol. The molecule has 214 valence electrons. The minimum Gasteiger partial charge on any atom is -0.496 e. The van der Waals surface area contributed by atoms with Crippen LogP contribution in [0.2, 0.25) is 0 Å². The molecule has 0 fully saturated rings. The van der Waals surface area contributed by atoms with Crippen LogP contribution in [0.4, 0.5) is 0 Å². The Labute approximate surface area is 273 Å². The van der Waals surface area contributed by atoms with Crippen molar-refractivity contribution in [2.75, 3.05) is 7.11 Å². The Balaban J connectivity index is 1.57. The van der Waals surface area contributed by atoms with E-state index in [1.54, 1.807) is 19.4 Å². The summed E-state index contributed by atoms with van der Waals surface area (Å²) >= 11 is 4.57. The fraction of sp³-hybridized carbons (Fsp3) is 0.206. The van der Waals surface area contributed by atoms with Gasteiger partial charge in [-0.3, -0.25) is 4.79 Å². The molecule has 0 aliphatic rings. The first-order valence-electron chi connectivity index (χ1n) is 13.6. The second-order valence-corrected chi connectivity index (χ2v) is 12.8. The van der Waals surface area contributed by atoms with E-state index in [9.17, 15) is 4.79 Å². The van der Waals surface area contributed by atoms with Crippen molar-refractivity contribution < 1.29 is 9.47 Å². The first-order chi connectivity index (χ1) is 20.2. The predicted octanol–water partition coefficient (Wildman–Crippen LogP) is 8.48. The van der Waals surface area contributed by atoms with Crippen LogP contribution in [-0.4, -0.2) is 23.0 Å². The van der Waals surface area contributed by atoms with Crippen LogP contribution < -0.4 is 15.0 Å². The van der Waals surface area contributed by atoms with Gasteiger partial charge in [0.2, 0.25) is 0 Å². The average Bonchev–Trinajstić information content (AvgIpc) is 2.96. The maximum absolute atomic E-state index is 13.8. The smallest absolute Gasteiger partial charge is 0.282 e. The van der Waals surface area contributed by atoms with E-state index in [1.165, 1.54) is 10.2 Å². The molecule has 6 nitrogen and oxygen atoms in total. The molecule has 5 rings (SSSR count). The maximum Gasteiger partial charge on any atom is 0.282 e. The summed E-state index contributed by atoms with van der Waals surface area (Å²) < 4.78 is 15.2. The third-order valence-corrected chi connectivity index (χ3v) is 8.60. The van der Waals surface area contributed by atoms with Gasteiger partial charge in [-0.05, 0) is 124 Å². The lowest BCUT2D eigenvalue weighted by Crippen LogP contribution is -2.21. The number of benzene rings is 4. The molecule has 5 aromatic rings. The van der Waals surface area contributed by atoms with Crippen molar-refractivity contribution in [2.45, 2.75) is 40.2 Å². The van der Waals surface area contributed by atoms with E-state index >= 15 is 0 Å². The Morgan fingerprint density at radius 3 is 2.40 bits per heavy atom. The zero-order valence-electron chi connectivity index (χ0n) is 24.1. The second-order valence-electron chi connectivity index (χ2n) is 10.5. The number of ether oxygens (including phenoxy) is 2. The van der Waals surface area contributed by atoms with Crippen LogP contribution >= 0.6 is 45.2 Å². The number of para-hydroxylation sites is 1. The van der Waals surface area contributed by atoms with Gasteiger partial charge in [0.05, 0.1) is 31.4 Å². The van der Waals surface area contributed by atoms with Gasteiger partial charge < -0.3 is 9.47 Å². The van der Waals surface area contributed by atoms with Crippen LogP contribution in [0.1, 0.15) is 47.6 Å². The number of hydrogen-bond donors (Lipinski definition) is 0. The number of rotatable bonds is 8. The highest BCUT2D eigenvalue weighted by atomic mass is 127. The summed E-state index contributed by atoms with van der Waals surface area (Å²) in [5, 5.41) is 5.23. The van der Waals surface area contributed by atoms with Crippen LogP contribution in [0, 0.1) is 21.0 Å². The summed E-state index contributed by atoms with van der Waals surface area (Å²) in [4.78, 5) is 18.7. The number of hydrogen-bond acceptors (Lipinski definition) is 5. The van der Waals surface area contributed by atoms with E-state index < -0.39 is 0 Å². The van der Waals surface area contributed by atoms with Crippen molar-refractivity contribution in [1.29, 1.82) is 0 Å². The highest BCUT2D eigenvalue weighted by Crippen LogP contribution is 2.34.